The molecule has 2 aromatic rings. The Hall–Kier alpha value is -3.22. The molecule has 22 heavy (non-hydrogen) atoms. The number of hydrogen-bond acceptors (Lipinski definition) is 5. The van der Waals surface area contributed by atoms with Crippen LogP contribution < -0.4 is 10.1 Å². The number of nitro groups is 1. The molecule has 0 saturated heterocycles. The van der Waals surface area contributed by atoms with Gasteiger partial charge in [0.25, 0.3) is 5.69 Å². The maximum atomic E-state index is 11.7. The number of pyridine rings is 1. The summed E-state index contributed by atoms with van der Waals surface area (Å²) >= 11 is 0. The van der Waals surface area contributed by atoms with E-state index in [1.807, 2.05) is 12.1 Å². The van der Waals surface area contributed by atoms with Crippen LogP contribution in [0.15, 0.2) is 48.7 Å². The molecule has 1 aromatic heterocycles. The van der Waals surface area contributed by atoms with Crippen LogP contribution in [0.3, 0.4) is 0 Å². The average molecular weight is 299 g/mol. The monoisotopic (exact) mass is 299 g/mol. The number of carbonyl (C=O) groups is 1. The molecule has 1 amide bonds. The first-order valence-corrected chi connectivity index (χ1v) is 6.32. The summed E-state index contributed by atoms with van der Waals surface area (Å²) in [5.41, 5.74) is 0.708. The Morgan fingerprint density at radius 1 is 1.27 bits per heavy atom. The summed E-state index contributed by atoms with van der Waals surface area (Å²) in [6.45, 7) is 0. The third kappa shape index (κ3) is 4.14. The van der Waals surface area contributed by atoms with Crippen LogP contribution in [-0.2, 0) is 4.79 Å². The Bertz CT molecular complexity index is 694. The maximum Gasteiger partial charge on any atom is 0.287 e. The Labute approximate surface area is 126 Å². The summed E-state index contributed by atoms with van der Waals surface area (Å²) in [5.74, 6) is 0.601. The van der Waals surface area contributed by atoms with Crippen LogP contribution in [0.25, 0.3) is 6.08 Å². The van der Waals surface area contributed by atoms with E-state index >= 15 is 0 Å². The second-order valence-electron chi connectivity index (χ2n) is 4.25. The lowest BCUT2D eigenvalue weighted by molar-refractivity contribution is -0.385. The minimum Gasteiger partial charge on any atom is -0.497 e. The molecule has 0 saturated carbocycles. The largest absolute Gasteiger partial charge is 0.497 e. The fourth-order valence-corrected chi connectivity index (χ4v) is 1.62. The highest BCUT2D eigenvalue weighted by atomic mass is 16.6. The molecule has 0 aliphatic heterocycles. The molecule has 1 N–H and O–H groups in total. The van der Waals surface area contributed by atoms with Crippen molar-refractivity contribution in [3.8, 4) is 5.75 Å². The number of amides is 1. The lowest BCUT2D eigenvalue weighted by atomic mass is 10.2. The van der Waals surface area contributed by atoms with Crippen LogP contribution >= 0.6 is 0 Å². The third-order valence-corrected chi connectivity index (χ3v) is 2.75. The molecule has 0 fully saturated rings. The second kappa shape index (κ2) is 6.98. The van der Waals surface area contributed by atoms with Gasteiger partial charge in [-0.1, -0.05) is 12.1 Å². The van der Waals surface area contributed by atoms with Crippen LogP contribution in [0.4, 0.5) is 11.5 Å². The van der Waals surface area contributed by atoms with Gasteiger partial charge in [0.15, 0.2) is 0 Å². The number of nitrogens with zero attached hydrogens (tertiary/aromatic N) is 2. The van der Waals surface area contributed by atoms with Crippen LogP contribution in [0.5, 0.6) is 5.75 Å². The van der Waals surface area contributed by atoms with E-state index in [1.54, 1.807) is 25.3 Å². The number of benzene rings is 1. The highest BCUT2D eigenvalue weighted by Crippen LogP contribution is 2.13. The molecule has 0 atom stereocenters. The highest BCUT2D eigenvalue weighted by Gasteiger charge is 2.06. The van der Waals surface area contributed by atoms with Gasteiger partial charge in [-0.05, 0) is 29.8 Å². The van der Waals surface area contributed by atoms with Crippen molar-refractivity contribution >= 4 is 23.5 Å². The SMILES string of the molecule is COc1ccc(C=CC(=O)Nc2ccc([N+](=O)[O-])cn2)cc1. The minimum absolute atomic E-state index is 0.133. The van der Waals surface area contributed by atoms with E-state index in [4.69, 9.17) is 4.74 Å². The topological polar surface area (TPSA) is 94.4 Å². The Morgan fingerprint density at radius 3 is 2.55 bits per heavy atom. The van der Waals surface area contributed by atoms with E-state index in [1.165, 1.54) is 18.2 Å². The minimum atomic E-state index is -0.553. The van der Waals surface area contributed by atoms with Crippen LogP contribution in [0, 0.1) is 10.1 Å². The molecule has 0 unspecified atom stereocenters. The summed E-state index contributed by atoms with van der Waals surface area (Å²) in [5, 5.41) is 13.0. The van der Waals surface area contributed by atoms with Gasteiger partial charge in [-0.25, -0.2) is 4.98 Å². The number of carbonyl (C=O) groups excluding carboxylic acids is 1. The molecule has 112 valence electrons. The van der Waals surface area contributed by atoms with E-state index in [0.717, 1.165) is 17.5 Å². The normalized spacial score (nSPS) is 10.4. The lowest BCUT2D eigenvalue weighted by Crippen LogP contribution is -2.09. The fraction of sp³-hybridized carbons (Fsp3) is 0.0667. The molecule has 0 spiro atoms. The van der Waals surface area contributed by atoms with Gasteiger partial charge in [0.05, 0.1) is 12.0 Å². The molecule has 7 nitrogen and oxygen atoms in total. The molecule has 0 bridgehead atoms. The van der Waals surface area contributed by atoms with Gasteiger partial charge >= 0.3 is 0 Å². The molecular weight excluding hydrogens is 286 g/mol. The van der Waals surface area contributed by atoms with Crippen LogP contribution in [-0.4, -0.2) is 22.9 Å². The quantitative estimate of drug-likeness (QED) is 0.520. The zero-order chi connectivity index (χ0) is 15.9. The van der Waals surface area contributed by atoms with E-state index in [9.17, 15) is 14.9 Å². The standard InChI is InChI=1S/C15H13N3O4/c1-22-13-6-2-11(3-7-13)4-9-15(19)17-14-8-5-12(10-16-14)18(20)21/h2-10H,1H3,(H,16,17,19). The van der Waals surface area contributed by atoms with E-state index in [0.29, 0.717) is 0 Å². The number of aromatic nitrogens is 1. The summed E-state index contributed by atoms with van der Waals surface area (Å²) in [4.78, 5) is 25.5. The molecular formula is C15H13N3O4. The van der Waals surface area contributed by atoms with Crippen molar-refractivity contribution in [1.29, 1.82) is 0 Å². The molecule has 0 aliphatic carbocycles. The zero-order valence-electron chi connectivity index (χ0n) is 11.7. The lowest BCUT2D eigenvalue weighted by Gasteiger charge is -2.01. The summed E-state index contributed by atoms with van der Waals surface area (Å²) in [6.07, 6.45) is 4.08. The Morgan fingerprint density at radius 2 is 2.00 bits per heavy atom. The maximum absolute atomic E-state index is 11.7. The smallest absolute Gasteiger partial charge is 0.287 e. The van der Waals surface area contributed by atoms with Gasteiger partial charge in [0.2, 0.25) is 5.91 Å². The van der Waals surface area contributed by atoms with Crippen LogP contribution in [0.2, 0.25) is 0 Å². The van der Waals surface area contributed by atoms with Crippen molar-refractivity contribution in [3.05, 3.63) is 64.3 Å². The number of methoxy groups -OCH3 is 1. The van der Waals surface area contributed by atoms with Crippen molar-refractivity contribution < 1.29 is 14.5 Å². The van der Waals surface area contributed by atoms with E-state index in [2.05, 4.69) is 10.3 Å². The predicted molar refractivity (Wildman–Crippen MR) is 81.5 cm³/mol. The number of hydrogen-bond donors (Lipinski definition) is 1. The van der Waals surface area contributed by atoms with Gasteiger partial charge in [-0.15, -0.1) is 0 Å². The Balaban J connectivity index is 1.96. The molecule has 2 rings (SSSR count). The van der Waals surface area contributed by atoms with Gasteiger partial charge in [-0.2, -0.15) is 0 Å². The highest BCUT2D eigenvalue weighted by molar-refractivity contribution is 6.01. The van der Waals surface area contributed by atoms with Gasteiger partial charge < -0.3 is 10.1 Å². The van der Waals surface area contributed by atoms with Crippen molar-refractivity contribution in [2.75, 3.05) is 12.4 Å². The summed E-state index contributed by atoms with van der Waals surface area (Å²) in [7, 11) is 1.58. The van der Waals surface area contributed by atoms with E-state index in [-0.39, 0.29) is 17.4 Å². The van der Waals surface area contributed by atoms with Crippen molar-refractivity contribution in [2.24, 2.45) is 0 Å². The van der Waals surface area contributed by atoms with E-state index < -0.39 is 4.92 Å². The molecule has 1 aromatic carbocycles. The molecule has 1 heterocycles. The zero-order valence-corrected chi connectivity index (χ0v) is 11.7. The summed E-state index contributed by atoms with van der Waals surface area (Å²) < 4.78 is 5.04. The average Bonchev–Trinajstić information content (AvgIpc) is 2.54. The number of ether oxygens (including phenoxy) is 1. The van der Waals surface area contributed by atoms with Crippen molar-refractivity contribution in [2.45, 2.75) is 0 Å². The van der Waals surface area contributed by atoms with Crippen molar-refractivity contribution in [3.63, 3.8) is 0 Å². The van der Waals surface area contributed by atoms with Crippen LogP contribution in [0.1, 0.15) is 5.56 Å². The first-order chi connectivity index (χ1) is 10.6. The molecule has 0 aliphatic rings. The Kier molecular flexibility index (Phi) is 4.81. The van der Waals surface area contributed by atoms with Gasteiger partial charge in [0, 0.05) is 12.1 Å². The third-order valence-electron chi connectivity index (χ3n) is 2.75. The summed E-state index contributed by atoms with van der Waals surface area (Å²) in [6, 6.07) is 9.84. The molecule has 7 heteroatoms. The first kappa shape index (κ1) is 15.2. The number of anilines is 1. The fourth-order valence-electron chi connectivity index (χ4n) is 1.62. The number of nitrogens with one attached hydrogen (secondary N) is 1. The number of rotatable bonds is 5. The first-order valence-electron chi connectivity index (χ1n) is 6.32. The second-order valence-corrected chi connectivity index (χ2v) is 4.25. The molecule has 0 radical (unpaired) electrons. The predicted octanol–water partition coefficient (Wildman–Crippen LogP) is 2.65. The van der Waals surface area contributed by atoms with Crippen molar-refractivity contribution in [1.82, 2.24) is 4.98 Å². The van der Waals surface area contributed by atoms with Gasteiger partial charge in [-0.3, -0.25) is 14.9 Å². The van der Waals surface area contributed by atoms with Gasteiger partial charge in [0.1, 0.15) is 17.8 Å².